The van der Waals surface area contributed by atoms with Crippen molar-refractivity contribution in [2.24, 2.45) is 5.41 Å². The van der Waals surface area contributed by atoms with E-state index in [1.807, 2.05) is 0 Å². The van der Waals surface area contributed by atoms with Crippen LogP contribution in [0.1, 0.15) is 33.1 Å². The first-order valence-electron chi connectivity index (χ1n) is 3.53. The summed E-state index contributed by atoms with van der Waals surface area (Å²) in [5, 5.41) is 8.65. The van der Waals surface area contributed by atoms with Gasteiger partial charge in [0.25, 0.3) is 0 Å². The Morgan fingerprint density at radius 2 is 2.10 bits per heavy atom. The van der Waals surface area contributed by atoms with Gasteiger partial charge in [0.05, 0.1) is 5.41 Å². The Morgan fingerprint density at radius 1 is 1.60 bits per heavy atom. The molecular weight excluding hydrogens is 128 g/mol. The summed E-state index contributed by atoms with van der Waals surface area (Å²) in [7, 11) is 0. The summed E-state index contributed by atoms with van der Waals surface area (Å²) < 4.78 is 0. The van der Waals surface area contributed by atoms with Crippen LogP contribution < -0.4 is 0 Å². The Morgan fingerprint density at radius 3 is 2.40 bits per heavy atom. The maximum Gasteiger partial charge on any atom is 0.309 e. The van der Waals surface area contributed by atoms with Crippen LogP contribution in [-0.2, 0) is 4.79 Å². The fourth-order valence-corrected chi connectivity index (χ4v) is 0.674. The number of carboxylic acid groups (broad SMARTS) is 1. The van der Waals surface area contributed by atoms with Crippen molar-refractivity contribution in [3.05, 3.63) is 6.92 Å². The minimum Gasteiger partial charge on any atom is -0.481 e. The highest BCUT2D eigenvalue weighted by atomic mass is 16.4. The Bertz CT molecular complexity index is 116. The summed E-state index contributed by atoms with van der Waals surface area (Å²) in [6.45, 7) is 7.14. The Hall–Kier alpha value is -0.530. The monoisotopic (exact) mass is 143 g/mol. The summed E-state index contributed by atoms with van der Waals surface area (Å²) in [4.78, 5) is 10.5. The van der Waals surface area contributed by atoms with Crippen molar-refractivity contribution in [1.82, 2.24) is 0 Å². The number of hydrogen-bond donors (Lipinski definition) is 1. The number of unbranched alkanes of at least 4 members (excludes halogenated alkanes) is 1. The van der Waals surface area contributed by atoms with E-state index in [-0.39, 0.29) is 0 Å². The van der Waals surface area contributed by atoms with Crippen LogP contribution in [0.2, 0.25) is 0 Å². The summed E-state index contributed by atoms with van der Waals surface area (Å²) in [6, 6.07) is 0. The maximum absolute atomic E-state index is 10.5. The number of carboxylic acids is 1. The van der Waals surface area contributed by atoms with Gasteiger partial charge in [0.1, 0.15) is 0 Å². The molecule has 0 atom stereocenters. The second-order valence-electron chi connectivity index (χ2n) is 3.15. The van der Waals surface area contributed by atoms with Crippen LogP contribution in [0, 0.1) is 12.3 Å². The highest BCUT2D eigenvalue weighted by Crippen LogP contribution is 2.22. The molecule has 1 N–H and O–H groups in total. The Balaban J connectivity index is 3.75. The van der Waals surface area contributed by atoms with Crippen LogP contribution in [0.5, 0.6) is 0 Å². The topological polar surface area (TPSA) is 37.3 Å². The molecule has 0 aliphatic rings. The molecule has 0 fully saturated rings. The Kier molecular flexibility index (Phi) is 3.40. The van der Waals surface area contributed by atoms with Gasteiger partial charge in [-0.05, 0) is 20.3 Å². The van der Waals surface area contributed by atoms with Crippen LogP contribution in [0.4, 0.5) is 0 Å². The molecule has 1 radical (unpaired) electrons. The van der Waals surface area contributed by atoms with Crippen molar-refractivity contribution in [1.29, 1.82) is 0 Å². The number of hydrogen-bond acceptors (Lipinski definition) is 1. The molecule has 0 saturated heterocycles. The van der Waals surface area contributed by atoms with E-state index in [2.05, 4.69) is 6.92 Å². The summed E-state index contributed by atoms with van der Waals surface area (Å²) in [5.41, 5.74) is -0.572. The van der Waals surface area contributed by atoms with Gasteiger partial charge in [-0.3, -0.25) is 4.79 Å². The predicted molar refractivity (Wildman–Crippen MR) is 40.6 cm³/mol. The molecule has 2 heteroatoms. The van der Waals surface area contributed by atoms with E-state index in [9.17, 15) is 4.79 Å². The van der Waals surface area contributed by atoms with Crippen molar-refractivity contribution in [2.75, 3.05) is 0 Å². The average Bonchev–Trinajstić information content (AvgIpc) is 1.84. The van der Waals surface area contributed by atoms with Crippen LogP contribution in [0.25, 0.3) is 0 Å². The van der Waals surface area contributed by atoms with Gasteiger partial charge >= 0.3 is 5.97 Å². The van der Waals surface area contributed by atoms with E-state index in [1.165, 1.54) is 0 Å². The molecule has 0 heterocycles. The van der Waals surface area contributed by atoms with Gasteiger partial charge in [-0.25, -0.2) is 0 Å². The smallest absolute Gasteiger partial charge is 0.309 e. The number of aliphatic carboxylic acids is 1. The molecule has 10 heavy (non-hydrogen) atoms. The van der Waals surface area contributed by atoms with E-state index >= 15 is 0 Å². The van der Waals surface area contributed by atoms with Crippen LogP contribution in [0.3, 0.4) is 0 Å². The van der Waals surface area contributed by atoms with Gasteiger partial charge < -0.3 is 5.11 Å². The third kappa shape index (κ3) is 2.85. The zero-order valence-corrected chi connectivity index (χ0v) is 6.68. The molecular formula is C8H15O2. The van der Waals surface area contributed by atoms with Crippen molar-refractivity contribution in [3.8, 4) is 0 Å². The second kappa shape index (κ2) is 3.59. The van der Waals surface area contributed by atoms with Gasteiger partial charge in [0.15, 0.2) is 0 Å². The predicted octanol–water partition coefficient (Wildman–Crippen LogP) is 2.10. The molecule has 0 rings (SSSR count). The summed E-state index contributed by atoms with van der Waals surface area (Å²) in [6.07, 6.45) is 2.42. The van der Waals surface area contributed by atoms with Crippen LogP contribution in [-0.4, -0.2) is 11.1 Å². The minimum absolute atomic E-state index is 0.572. The zero-order valence-electron chi connectivity index (χ0n) is 6.68. The van der Waals surface area contributed by atoms with Gasteiger partial charge in [-0.2, -0.15) is 0 Å². The average molecular weight is 143 g/mol. The van der Waals surface area contributed by atoms with E-state index in [4.69, 9.17) is 5.11 Å². The van der Waals surface area contributed by atoms with E-state index in [0.29, 0.717) is 6.42 Å². The van der Waals surface area contributed by atoms with Gasteiger partial charge in [-0.15, -0.1) is 0 Å². The van der Waals surface area contributed by atoms with Crippen molar-refractivity contribution in [2.45, 2.75) is 33.1 Å². The fourth-order valence-electron chi connectivity index (χ4n) is 0.674. The van der Waals surface area contributed by atoms with Crippen molar-refractivity contribution < 1.29 is 9.90 Å². The normalized spacial score (nSPS) is 11.5. The third-order valence-electron chi connectivity index (χ3n) is 1.63. The molecule has 0 aromatic carbocycles. The highest BCUT2D eigenvalue weighted by Gasteiger charge is 2.25. The molecule has 0 saturated carbocycles. The van der Waals surface area contributed by atoms with Crippen molar-refractivity contribution >= 4 is 5.97 Å². The largest absolute Gasteiger partial charge is 0.481 e. The van der Waals surface area contributed by atoms with E-state index in [0.717, 1.165) is 12.8 Å². The van der Waals surface area contributed by atoms with Crippen LogP contribution >= 0.6 is 0 Å². The molecule has 0 amide bonds. The summed E-state index contributed by atoms with van der Waals surface area (Å²) >= 11 is 0. The molecule has 2 nitrogen and oxygen atoms in total. The molecule has 0 aromatic rings. The molecule has 0 bridgehead atoms. The molecule has 0 aliphatic heterocycles. The maximum atomic E-state index is 10.5. The first-order valence-corrected chi connectivity index (χ1v) is 3.53. The van der Waals surface area contributed by atoms with Crippen molar-refractivity contribution in [3.63, 3.8) is 0 Å². The highest BCUT2D eigenvalue weighted by molar-refractivity contribution is 5.73. The zero-order chi connectivity index (χ0) is 8.20. The van der Waals surface area contributed by atoms with Gasteiger partial charge in [0, 0.05) is 0 Å². The molecule has 0 spiro atoms. The quantitative estimate of drug-likeness (QED) is 0.654. The fraction of sp³-hybridized carbons (Fsp3) is 0.750. The van der Waals surface area contributed by atoms with Gasteiger partial charge in [-0.1, -0.05) is 19.8 Å². The number of rotatable bonds is 4. The molecule has 59 valence electrons. The van der Waals surface area contributed by atoms with Gasteiger partial charge in [0.2, 0.25) is 0 Å². The number of carbonyl (C=O) groups is 1. The third-order valence-corrected chi connectivity index (χ3v) is 1.63. The molecule has 0 aromatic heterocycles. The Labute approximate surface area is 62.2 Å². The SMILES string of the molecule is [CH2]CCCC(C)(C)C(=O)O. The van der Waals surface area contributed by atoms with E-state index < -0.39 is 11.4 Å². The van der Waals surface area contributed by atoms with E-state index in [1.54, 1.807) is 13.8 Å². The second-order valence-corrected chi connectivity index (χ2v) is 3.15. The lowest BCUT2D eigenvalue weighted by atomic mass is 9.88. The minimum atomic E-state index is -0.721. The summed E-state index contributed by atoms with van der Waals surface area (Å²) in [5.74, 6) is -0.721. The first-order chi connectivity index (χ1) is 4.50. The first kappa shape index (κ1) is 9.47. The lowest BCUT2D eigenvalue weighted by Crippen LogP contribution is -2.23. The lowest BCUT2D eigenvalue weighted by Gasteiger charge is -2.17. The molecule has 0 aliphatic carbocycles. The standard InChI is InChI=1S/C8H15O2/c1-4-5-6-8(2,3)7(9)10/h1,4-6H2,2-3H3,(H,9,10). The van der Waals surface area contributed by atoms with Crippen LogP contribution in [0.15, 0.2) is 0 Å². The lowest BCUT2D eigenvalue weighted by molar-refractivity contribution is -0.147. The molecule has 0 unspecified atom stereocenters.